The molecule has 8 heteroatoms. The van der Waals surface area contributed by atoms with Gasteiger partial charge in [-0.3, -0.25) is 0 Å². The van der Waals surface area contributed by atoms with E-state index in [0.717, 1.165) is 30.2 Å². The highest BCUT2D eigenvalue weighted by molar-refractivity contribution is 6.31. The van der Waals surface area contributed by atoms with Crippen molar-refractivity contribution in [2.45, 2.75) is 6.92 Å². The molecule has 1 fully saturated rings. The van der Waals surface area contributed by atoms with Crippen LogP contribution in [0, 0.1) is 12.7 Å². The summed E-state index contributed by atoms with van der Waals surface area (Å²) >= 11 is 6.17. The highest BCUT2D eigenvalue weighted by atomic mass is 35.5. The number of halogens is 2. The van der Waals surface area contributed by atoms with E-state index in [2.05, 4.69) is 30.3 Å². The Morgan fingerprint density at radius 1 is 1.00 bits per heavy atom. The first-order valence-electron chi connectivity index (χ1n) is 9.08. The van der Waals surface area contributed by atoms with Crippen LogP contribution in [0.1, 0.15) is 5.56 Å². The molecule has 28 heavy (non-hydrogen) atoms. The molecule has 2 aromatic carbocycles. The molecular weight excluding hydrogens is 379 g/mol. The van der Waals surface area contributed by atoms with E-state index in [4.69, 9.17) is 11.6 Å². The molecule has 1 saturated heterocycles. The zero-order chi connectivity index (χ0) is 19.5. The van der Waals surface area contributed by atoms with Crippen LogP contribution in [0.15, 0.2) is 48.7 Å². The number of nitrogens with zero attached hydrogens (tertiary/aromatic N) is 5. The molecule has 144 valence electrons. The predicted octanol–water partition coefficient (Wildman–Crippen LogP) is 4.04. The fourth-order valence-corrected chi connectivity index (χ4v) is 3.42. The van der Waals surface area contributed by atoms with E-state index < -0.39 is 0 Å². The van der Waals surface area contributed by atoms with E-state index >= 15 is 0 Å². The Morgan fingerprint density at radius 3 is 2.54 bits per heavy atom. The molecule has 0 spiro atoms. The minimum absolute atomic E-state index is 0.192. The SMILES string of the molecule is Cc1c(Cl)cccc1Nc1nncc(N2CCN(c3ccccc3F)CC2)n1. The van der Waals surface area contributed by atoms with Gasteiger partial charge in [0.1, 0.15) is 5.82 Å². The van der Waals surface area contributed by atoms with Crippen molar-refractivity contribution in [2.75, 3.05) is 41.3 Å². The Hall–Kier alpha value is -2.93. The molecule has 1 aliphatic heterocycles. The molecule has 0 aliphatic carbocycles. The Labute approximate surface area is 168 Å². The van der Waals surface area contributed by atoms with Gasteiger partial charge in [0.2, 0.25) is 5.95 Å². The smallest absolute Gasteiger partial charge is 0.249 e. The van der Waals surface area contributed by atoms with E-state index in [0.29, 0.717) is 29.7 Å². The van der Waals surface area contributed by atoms with Crippen molar-refractivity contribution in [1.82, 2.24) is 15.2 Å². The minimum atomic E-state index is -0.192. The number of benzene rings is 2. The average Bonchev–Trinajstić information content (AvgIpc) is 2.72. The zero-order valence-electron chi connectivity index (χ0n) is 15.4. The van der Waals surface area contributed by atoms with Crippen molar-refractivity contribution < 1.29 is 4.39 Å². The molecule has 1 N–H and O–H groups in total. The highest BCUT2D eigenvalue weighted by Crippen LogP contribution is 2.26. The quantitative estimate of drug-likeness (QED) is 0.715. The van der Waals surface area contributed by atoms with Crippen LogP contribution in [0.5, 0.6) is 0 Å². The first-order chi connectivity index (χ1) is 13.6. The lowest BCUT2D eigenvalue weighted by Gasteiger charge is -2.36. The van der Waals surface area contributed by atoms with E-state index in [1.165, 1.54) is 6.07 Å². The zero-order valence-corrected chi connectivity index (χ0v) is 16.2. The van der Waals surface area contributed by atoms with Crippen LogP contribution in [0.3, 0.4) is 0 Å². The third-order valence-corrected chi connectivity index (χ3v) is 5.27. The third kappa shape index (κ3) is 3.84. The highest BCUT2D eigenvalue weighted by Gasteiger charge is 2.21. The van der Waals surface area contributed by atoms with Crippen LogP contribution in [-0.2, 0) is 0 Å². The van der Waals surface area contributed by atoms with Gasteiger partial charge in [0, 0.05) is 36.9 Å². The van der Waals surface area contributed by atoms with Crippen LogP contribution >= 0.6 is 11.6 Å². The van der Waals surface area contributed by atoms with Gasteiger partial charge in [-0.05, 0) is 36.8 Å². The van der Waals surface area contributed by atoms with Gasteiger partial charge in [0.15, 0.2) is 5.82 Å². The van der Waals surface area contributed by atoms with Gasteiger partial charge in [-0.15, -0.1) is 5.10 Å². The maximum atomic E-state index is 14.0. The number of aromatic nitrogens is 3. The van der Waals surface area contributed by atoms with Gasteiger partial charge < -0.3 is 15.1 Å². The van der Waals surface area contributed by atoms with Crippen LogP contribution < -0.4 is 15.1 Å². The van der Waals surface area contributed by atoms with E-state index in [9.17, 15) is 4.39 Å². The Balaban J connectivity index is 1.45. The summed E-state index contributed by atoms with van der Waals surface area (Å²) in [6, 6.07) is 12.5. The first kappa shape index (κ1) is 18.4. The Morgan fingerprint density at radius 2 is 1.75 bits per heavy atom. The van der Waals surface area contributed by atoms with Crippen molar-refractivity contribution in [1.29, 1.82) is 0 Å². The summed E-state index contributed by atoms with van der Waals surface area (Å²) in [5, 5.41) is 12.0. The predicted molar refractivity (Wildman–Crippen MR) is 110 cm³/mol. The number of rotatable bonds is 4. The third-order valence-electron chi connectivity index (χ3n) is 4.86. The molecule has 4 rings (SSSR count). The molecule has 0 unspecified atom stereocenters. The van der Waals surface area contributed by atoms with Crippen LogP contribution in [-0.4, -0.2) is 41.4 Å². The molecule has 1 aromatic heterocycles. The second-order valence-corrected chi connectivity index (χ2v) is 7.01. The van der Waals surface area contributed by atoms with Crippen molar-refractivity contribution in [2.24, 2.45) is 0 Å². The van der Waals surface area contributed by atoms with Gasteiger partial charge in [-0.1, -0.05) is 29.8 Å². The van der Waals surface area contributed by atoms with Crippen LogP contribution in [0.4, 0.5) is 27.5 Å². The molecule has 1 aliphatic rings. The lowest BCUT2D eigenvalue weighted by Crippen LogP contribution is -2.47. The lowest BCUT2D eigenvalue weighted by molar-refractivity contribution is 0.595. The standard InChI is InChI=1S/C20H20ClFN6/c1-14-15(21)5-4-7-17(14)24-20-25-19(13-23-26-20)28-11-9-27(10-12-28)18-8-3-2-6-16(18)22/h2-8,13H,9-12H2,1H3,(H,24,25,26). The largest absolute Gasteiger partial charge is 0.366 e. The average molecular weight is 399 g/mol. The second kappa shape index (κ2) is 7.98. The summed E-state index contributed by atoms with van der Waals surface area (Å²) in [4.78, 5) is 8.76. The van der Waals surface area contributed by atoms with Crippen LogP contribution in [0.2, 0.25) is 5.02 Å². The molecule has 0 saturated carbocycles. The lowest BCUT2D eigenvalue weighted by atomic mass is 10.2. The van der Waals surface area contributed by atoms with Gasteiger partial charge >= 0.3 is 0 Å². The maximum Gasteiger partial charge on any atom is 0.249 e. The number of hydrogen-bond donors (Lipinski definition) is 1. The molecule has 0 radical (unpaired) electrons. The number of nitrogens with one attached hydrogen (secondary N) is 1. The Bertz CT molecular complexity index is 974. The first-order valence-corrected chi connectivity index (χ1v) is 9.46. The molecule has 3 aromatic rings. The van der Waals surface area contributed by atoms with Gasteiger partial charge in [0.25, 0.3) is 0 Å². The number of hydrogen-bond acceptors (Lipinski definition) is 6. The van der Waals surface area contributed by atoms with Gasteiger partial charge in [-0.2, -0.15) is 10.1 Å². The minimum Gasteiger partial charge on any atom is -0.366 e. The number of piperazine rings is 1. The summed E-state index contributed by atoms with van der Waals surface area (Å²) < 4.78 is 14.0. The summed E-state index contributed by atoms with van der Waals surface area (Å²) in [6.07, 6.45) is 1.65. The fraction of sp³-hybridized carbons (Fsp3) is 0.250. The summed E-state index contributed by atoms with van der Waals surface area (Å²) in [7, 11) is 0. The molecule has 2 heterocycles. The fourth-order valence-electron chi connectivity index (χ4n) is 3.25. The van der Waals surface area contributed by atoms with Crippen LogP contribution in [0.25, 0.3) is 0 Å². The van der Waals surface area contributed by atoms with Crippen molar-refractivity contribution in [3.8, 4) is 0 Å². The second-order valence-electron chi connectivity index (χ2n) is 6.60. The van der Waals surface area contributed by atoms with Gasteiger partial charge in [0.05, 0.1) is 11.9 Å². The maximum absolute atomic E-state index is 14.0. The van der Waals surface area contributed by atoms with E-state index in [1.54, 1.807) is 12.3 Å². The molecule has 0 amide bonds. The van der Waals surface area contributed by atoms with E-state index in [-0.39, 0.29) is 5.82 Å². The van der Waals surface area contributed by atoms with Crippen molar-refractivity contribution in [3.05, 3.63) is 65.1 Å². The molecular formula is C20H20ClFN6. The Kier molecular flexibility index (Phi) is 5.25. The summed E-state index contributed by atoms with van der Waals surface area (Å²) in [5.41, 5.74) is 2.41. The topological polar surface area (TPSA) is 57.2 Å². The molecule has 0 atom stereocenters. The monoisotopic (exact) mass is 398 g/mol. The molecule has 6 nitrogen and oxygen atoms in total. The number of para-hydroxylation sites is 1. The van der Waals surface area contributed by atoms with Crippen molar-refractivity contribution >= 4 is 34.7 Å². The summed E-state index contributed by atoms with van der Waals surface area (Å²) in [6.45, 7) is 4.80. The summed E-state index contributed by atoms with van der Waals surface area (Å²) in [5.74, 6) is 0.966. The number of anilines is 4. The molecule has 0 bridgehead atoms. The van der Waals surface area contributed by atoms with Crippen molar-refractivity contribution in [3.63, 3.8) is 0 Å². The van der Waals surface area contributed by atoms with E-state index in [1.807, 2.05) is 37.3 Å². The normalized spacial score (nSPS) is 14.2. The van der Waals surface area contributed by atoms with Gasteiger partial charge in [-0.25, -0.2) is 4.39 Å².